The third-order valence-corrected chi connectivity index (χ3v) is 6.10. The number of nitrogens with zero attached hydrogens (tertiary/aromatic N) is 1. The van der Waals surface area contributed by atoms with Gasteiger partial charge in [0, 0.05) is 25.5 Å². The van der Waals surface area contributed by atoms with Gasteiger partial charge in [-0.15, -0.1) is 0 Å². The maximum absolute atomic E-state index is 12.3. The van der Waals surface area contributed by atoms with Crippen molar-refractivity contribution in [3.63, 3.8) is 0 Å². The first-order valence-corrected chi connectivity index (χ1v) is 10.2. The van der Waals surface area contributed by atoms with Gasteiger partial charge in [0.1, 0.15) is 0 Å². The number of amides is 1. The van der Waals surface area contributed by atoms with E-state index in [1.165, 1.54) is 19.7 Å². The number of carbonyl (C=O) groups is 1. The lowest BCUT2D eigenvalue weighted by Gasteiger charge is -2.15. The summed E-state index contributed by atoms with van der Waals surface area (Å²) in [4.78, 5) is 12.4. The molecule has 2 rings (SSSR count). The second-order valence-corrected chi connectivity index (χ2v) is 9.09. The highest BCUT2D eigenvalue weighted by molar-refractivity contribution is 7.89. The van der Waals surface area contributed by atoms with Crippen LogP contribution in [0.5, 0.6) is 0 Å². The van der Waals surface area contributed by atoms with Crippen LogP contribution in [0.4, 0.5) is 11.4 Å². The van der Waals surface area contributed by atoms with Gasteiger partial charge in [0.2, 0.25) is 15.9 Å². The maximum atomic E-state index is 12.3. The Hall–Kier alpha value is -2.38. The van der Waals surface area contributed by atoms with E-state index in [-0.39, 0.29) is 17.3 Å². The number of aryl methyl sites for hydroxylation is 1. The number of benzene rings is 2. The lowest BCUT2D eigenvalue weighted by atomic mass is 10.0. The molecular weight excluding hydrogens is 362 g/mol. The van der Waals surface area contributed by atoms with Crippen LogP contribution in [-0.4, -0.2) is 39.3 Å². The van der Waals surface area contributed by atoms with Crippen LogP contribution in [-0.2, 0) is 14.8 Å². The number of sulfonamides is 1. The standard InChI is InChI=1S/C20H27N3O3S/c1-14(2)16-7-9-17(10-8-16)22-20(24)13-21-19-12-18(11-6-15(19)3)27(25,26)23(4)5/h6-12,14,21H,13H2,1-5H3,(H,22,24). The van der Waals surface area contributed by atoms with Crippen molar-refractivity contribution in [2.75, 3.05) is 31.3 Å². The van der Waals surface area contributed by atoms with Crippen molar-refractivity contribution in [2.24, 2.45) is 0 Å². The summed E-state index contributed by atoms with van der Waals surface area (Å²) in [6, 6.07) is 12.6. The Morgan fingerprint density at radius 3 is 2.26 bits per heavy atom. The Labute approximate surface area is 161 Å². The molecule has 6 nitrogen and oxygen atoms in total. The van der Waals surface area contributed by atoms with Crippen LogP contribution in [0.2, 0.25) is 0 Å². The average molecular weight is 390 g/mol. The molecule has 1 amide bonds. The first-order chi connectivity index (χ1) is 12.6. The molecule has 0 atom stereocenters. The van der Waals surface area contributed by atoms with Crippen molar-refractivity contribution in [1.82, 2.24) is 4.31 Å². The van der Waals surface area contributed by atoms with Gasteiger partial charge in [-0.2, -0.15) is 0 Å². The monoisotopic (exact) mass is 389 g/mol. The fourth-order valence-corrected chi connectivity index (χ4v) is 3.42. The van der Waals surface area contributed by atoms with Crippen molar-refractivity contribution < 1.29 is 13.2 Å². The Kier molecular flexibility index (Phi) is 6.62. The summed E-state index contributed by atoms with van der Waals surface area (Å²) in [5, 5.41) is 5.85. The normalized spacial score (nSPS) is 11.7. The van der Waals surface area contributed by atoms with E-state index in [9.17, 15) is 13.2 Å². The predicted molar refractivity (Wildman–Crippen MR) is 110 cm³/mol. The molecule has 0 saturated carbocycles. The topological polar surface area (TPSA) is 78.5 Å². The van der Waals surface area contributed by atoms with E-state index in [1.807, 2.05) is 31.2 Å². The van der Waals surface area contributed by atoms with Gasteiger partial charge < -0.3 is 10.6 Å². The van der Waals surface area contributed by atoms with Crippen LogP contribution in [0.15, 0.2) is 47.4 Å². The van der Waals surface area contributed by atoms with Crippen molar-refractivity contribution in [3.8, 4) is 0 Å². The summed E-state index contributed by atoms with van der Waals surface area (Å²) in [5.74, 6) is 0.234. The third-order valence-electron chi connectivity index (χ3n) is 4.29. The Balaban J connectivity index is 2.04. The molecule has 0 radical (unpaired) electrons. The highest BCUT2D eigenvalue weighted by Crippen LogP contribution is 2.22. The van der Waals surface area contributed by atoms with E-state index in [1.54, 1.807) is 18.2 Å². The summed E-state index contributed by atoms with van der Waals surface area (Å²) >= 11 is 0. The van der Waals surface area contributed by atoms with Gasteiger partial charge in [-0.25, -0.2) is 12.7 Å². The first kappa shape index (κ1) is 20.9. The average Bonchev–Trinajstić information content (AvgIpc) is 2.61. The maximum Gasteiger partial charge on any atom is 0.243 e. The fraction of sp³-hybridized carbons (Fsp3) is 0.350. The van der Waals surface area contributed by atoms with E-state index in [4.69, 9.17) is 0 Å². The molecule has 0 aromatic heterocycles. The molecule has 0 saturated heterocycles. The third kappa shape index (κ3) is 5.30. The highest BCUT2D eigenvalue weighted by atomic mass is 32.2. The SMILES string of the molecule is Cc1ccc(S(=O)(=O)N(C)C)cc1NCC(=O)Nc1ccc(C(C)C)cc1. The molecule has 2 aromatic carbocycles. The second kappa shape index (κ2) is 8.54. The zero-order valence-electron chi connectivity index (χ0n) is 16.4. The fourth-order valence-electron chi connectivity index (χ4n) is 2.49. The molecule has 146 valence electrons. The number of anilines is 2. The summed E-state index contributed by atoms with van der Waals surface area (Å²) in [7, 11) is -0.549. The van der Waals surface area contributed by atoms with E-state index in [0.717, 1.165) is 15.6 Å². The van der Waals surface area contributed by atoms with Crippen LogP contribution in [0.1, 0.15) is 30.9 Å². The summed E-state index contributed by atoms with van der Waals surface area (Å²) in [5.41, 5.74) is 3.41. The van der Waals surface area contributed by atoms with E-state index >= 15 is 0 Å². The number of carbonyl (C=O) groups excluding carboxylic acids is 1. The molecule has 0 fully saturated rings. The minimum absolute atomic E-state index is 0.0399. The van der Waals surface area contributed by atoms with E-state index < -0.39 is 10.0 Å². The quantitative estimate of drug-likeness (QED) is 0.761. The smallest absolute Gasteiger partial charge is 0.243 e. The van der Waals surface area contributed by atoms with E-state index in [0.29, 0.717) is 11.6 Å². The van der Waals surface area contributed by atoms with Crippen LogP contribution in [0.3, 0.4) is 0 Å². The van der Waals surface area contributed by atoms with Crippen LogP contribution in [0.25, 0.3) is 0 Å². The minimum Gasteiger partial charge on any atom is -0.376 e. The number of rotatable bonds is 7. The Morgan fingerprint density at radius 1 is 1.07 bits per heavy atom. The van der Waals surface area contributed by atoms with Gasteiger partial charge >= 0.3 is 0 Å². The molecule has 2 N–H and O–H groups in total. The molecule has 27 heavy (non-hydrogen) atoms. The number of hydrogen-bond donors (Lipinski definition) is 2. The van der Waals surface area contributed by atoms with Gasteiger partial charge in [0.25, 0.3) is 0 Å². The summed E-state index contributed by atoms with van der Waals surface area (Å²) in [6.07, 6.45) is 0. The second-order valence-electron chi connectivity index (χ2n) is 6.94. The van der Waals surface area contributed by atoms with E-state index in [2.05, 4.69) is 24.5 Å². The van der Waals surface area contributed by atoms with Crippen molar-refractivity contribution in [3.05, 3.63) is 53.6 Å². The molecular formula is C20H27N3O3S. The van der Waals surface area contributed by atoms with Crippen LogP contribution >= 0.6 is 0 Å². The zero-order chi connectivity index (χ0) is 20.2. The van der Waals surface area contributed by atoms with Crippen molar-refractivity contribution >= 4 is 27.3 Å². The molecule has 0 heterocycles. The Bertz CT molecular complexity index is 905. The Morgan fingerprint density at radius 2 is 1.70 bits per heavy atom. The number of hydrogen-bond acceptors (Lipinski definition) is 4. The van der Waals surface area contributed by atoms with Gasteiger partial charge in [-0.3, -0.25) is 4.79 Å². The van der Waals surface area contributed by atoms with Gasteiger partial charge in [0.05, 0.1) is 11.4 Å². The zero-order valence-corrected chi connectivity index (χ0v) is 17.2. The van der Waals surface area contributed by atoms with Gasteiger partial charge in [-0.1, -0.05) is 32.0 Å². The van der Waals surface area contributed by atoms with Crippen molar-refractivity contribution in [1.29, 1.82) is 0 Å². The molecule has 0 bridgehead atoms. The predicted octanol–water partition coefficient (Wildman–Crippen LogP) is 3.42. The number of nitrogens with one attached hydrogen (secondary N) is 2. The first-order valence-electron chi connectivity index (χ1n) is 8.78. The molecule has 0 unspecified atom stereocenters. The lowest BCUT2D eigenvalue weighted by molar-refractivity contribution is -0.114. The molecule has 7 heteroatoms. The van der Waals surface area contributed by atoms with Gasteiger partial charge in [-0.05, 0) is 48.2 Å². The van der Waals surface area contributed by atoms with Crippen LogP contribution in [0, 0.1) is 6.92 Å². The molecule has 0 aliphatic heterocycles. The molecule has 0 spiro atoms. The highest BCUT2D eigenvalue weighted by Gasteiger charge is 2.18. The van der Waals surface area contributed by atoms with Crippen molar-refractivity contribution in [2.45, 2.75) is 31.6 Å². The molecule has 0 aliphatic carbocycles. The largest absolute Gasteiger partial charge is 0.376 e. The van der Waals surface area contributed by atoms with Gasteiger partial charge in [0.15, 0.2) is 0 Å². The summed E-state index contributed by atoms with van der Waals surface area (Å²) in [6.45, 7) is 6.13. The minimum atomic E-state index is -3.52. The summed E-state index contributed by atoms with van der Waals surface area (Å²) < 4.78 is 25.7. The molecule has 0 aliphatic rings. The van der Waals surface area contributed by atoms with Crippen LogP contribution < -0.4 is 10.6 Å². The molecule has 2 aromatic rings. The lowest BCUT2D eigenvalue weighted by Crippen LogP contribution is -2.24.